The van der Waals surface area contributed by atoms with Crippen molar-refractivity contribution in [2.45, 2.75) is 148 Å². The molecule has 2 heteroatoms. The normalized spacial score (nSPS) is 30.6. The first-order chi connectivity index (χ1) is 18.2. The molecule has 0 atom stereocenters. The van der Waals surface area contributed by atoms with Crippen LogP contribution < -0.4 is 4.74 Å². The topological polar surface area (TPSA) is 26.3 Å². The Labute approximate surface area is 228 Å². The zero-order valence-corrected chi connectivity index (χ0v) is 24.2. The maximum Gasteiger partial charge on any atom is 0.314 e. The van der Waals surface area contributed by atoms with E-state index in [0.29, 0.717) is 5.92 Å². The summed E-state index contributed by atoms with van der Waals surface area (Å²) in [5.41, 5.74) is 1.44. The van der Waals surface area contributed by atoms with E-state index in [2.05, 4.69) is 26.0 Å². The predicted octanol–water partition coefficient (Wildman–Crippen LogP) is 10.6. The number of ether oxygens (including phenoxy) is 1. The van der Waals surface area contributed by atoms with E-state index >= 15 is 0 Å². The van der Waals surface area contributed by atoms with Crippen molar-refractivity contribution in [3.8, 4) is 5.75 Å². The Morgan fingerprint density at radius 2 is 1.14 bits per heavy atom. The monoisotopic (exact) mass is 508 g/mol. The maximum absolute atomic E-state index is 12.9. The quantitative estimate of drug-likeness (QED) is 0.159. The van der Waals surface area contributed by atoms with Gasteiger partial charge in [0.25, 0.3) is 0 Å². The smallest absolute Gasteiger partial charge is 0.314 e. The molecule has 4 rings (SSSR count). The molecule has 3 fully saturated rings. The minimum Gasteiger partial charge on any atom is -0.426 e. The number of esters is 1. The molecule has 0 unspecified atom stereocenters. The molecule has 1 aromatic rings. The van der Waals surface area contributed by atoms with Crippen LogP contribution in [0.3, 0.4) is 0 Å². The molecule has 37 heavy (non-hydrogen) atoms. The first-order valence-electron chi connectivity index (χ1n) is 16.5. The van der Waals surface area contributed by atoms with E-state index in [9.17, 15) is 4.79 Å². The van der Waals surface area contributed by atoms with Crippen molar-refractivity contribution in [2.24, 2.45) is 29.6 Å². The number of carbonyl (C=O) groups is 1. The highest BCUT2D eigenvalue weighted by molar-refractivity contribution is 5.75. The molecule has 3 aliphatic rings. The average Bonchev–Trinajstić information content (AvgIpc) is 2.95. The summed E-state index contributed by atoms with van der Waals surface area (Å²) in [6.45, 7) is 4.60. The van der Waals surface area contributed by atoms with E-state index in [4.69, 9.17) is 4.74 Å². The fraction of sp³-hybridized carbons (Fsp3) is 0.800. The Morgan fingerprint density at radius 1 is 0.649 bits per heavy atom. The first kappa shape index (κ1) is 28.7. The zero-order valence-electron chi connectivity index (χ0n) is 24.2. The van der Waals surface area contributed by atoms with Gasteiger partial charge in [0, 0.05) is 0 Å². The molecule has 2 nitrogen and oxygen atoms in total. The summed E-state index contributed by atoms with van der Waals surface area (Å²) in [7, 11) is 0. The van der Waals surface area contributed by atoms with Gasteiger partial charge in [-0.2, -0.15) is 0 Å². The summed E-state index contributed by atoms with van der Waals surface area (Å²) < 4.78 is 5.87. The predicted molar refractivity (Wildman–Crippen MR) is 156 cm³/mol. The number of hydrogen-bond donors (Lipinski definition) is 0. The van der Waals surface area contributed by atoms with Gasteiger partial charge in [0.05, 0.1) is 5.92 Å². The molecular weight excluding hydrogens is 452 g/mol. The molecule has 0 radical (unpaired) electrons. The Bertz CT molecular complexity index is 759. The van der Waals surface area contributed by atoms with Crippen molar-refractivity contribution in [1.82, 2.24) is 0 Å². The van der Waals surface area contributed by atoms with E-state index < -0.39 is 0 Å². The Kier molecular flexibility index (Phi) is 11.9. The lowest BCUT2D eigenvalue weighted by atomic mass is 9.68. The van der Waals surface area contributed by atoms with Crippen LogP contribution in [0.4, 0.5) is 0 Å². The van der Waals surface area contributed by atoms with Gasteiger partial charge in [-0.3, -0.25) is 4.79 Å². The average molecular weight is 509 g/mol. The molecule has 3 saturated carbocycles. The van der Waals surface area contributed by atoms with Gasteiger partial charge in [-0.15, -0.1) is 0 Å². The minimum atomic E-state index is 0.0124. The molecule has 0 N–H and O–H groups in total. The van der Waals surface area contributed by atoms with E-state index in [-0.39, 0.29) is 11.9 Å². The van der Waals surface area contributed by atoms with Crippen LogP contribution in [0.1, 0.15) is 154 Å². The lowest BCUT2D eigenvalue weighted by Gasteiger charge is -2.37. The van der Waals surface area contributed by atoms with E-state index in [1.165, 1.54) is 121 Å². The van der Waals surface area contributed by atoms with Crippen LogP contribution in [-0.4, -0.2) is 5.97 Å². The minimum absolute atomic E-state index is 0.0124. The number of rotatable bonds is 12. The van der Waals surface area contributed by atoms with Gasteiger partial charge in [0.2, 0.25) is 0 Å². The van der Waals surface area contributed by atoms with Gasteiger partial charge in [-0.05, 0) is 111 Å². The molecular formula is C35H56O2. The summed E-state index contributed by atoms with van der Waals surface area (Å²) in [5.74, 6) is 5.25. The molecule has 3 aliphatic carbocycles. The van der Waals surface area contributed by atoms with Crippen LogP contribution in [0.2, 0.25) is 0 Å². The number of unbranched alkanes of at least 4 members (excludes halogenated alkanes) is 4. The standard InChI is InChI=1S/C35H56O2/c1-3-5-7-9-27-11-15-29(16-12-27)31-19-21-33(22-20-31)35(36)37-34-25-23-32(24-26-34)30-17-13-28(14-18-30)10-8-6-4-2/h23-31,33H,3-22H2,1-2H3/t27?,28-,29?,30-,31-,33-. The van der Waals surface area contributed by atoms with Crippen LogP contribution in [0.5, 0.6) is 5.75 Å². The number of carbonyl (C=O) groups excluding carboxylic acids is 1. The first-order valence-corrected chi connectivity index (χ1v) is 16.5. The Hall–Kier alpha value is -1.31. The highest BCUT2D eigenvalue weighted by Gasteiger charge is 2.33. The van der Waals surface area contributed by atoms with Crippen molar-refractivity contribution >= 4 is 5.97 Å². The molecule has 0 spiro atoms. The fourth-order valence-electron chi connectivity index (χ4n) is 7.93. The number of hydrogen-bond acceptors (Lipinski definition) is 2. The third kappa shape index (κ3) is 8.86. The van der Waals surface area contributed by atoms with Gasteiger partial charge in [-0.1, -0.05) is 90.2 Å². The molecule has 0 aromatic heterocycles. The molecule has 1 aromatic carbocycles. The van der Waals surface area contributed by atoms with Crippen molar-refractivity contribution in [3.63, 3.8) is 0 Å². The summed E-state index contributed by atoms with van der Waals surface area (Å²) in [6.07, 6.45) is 26.9. The third-order valence-corrected chi connectivity index (χ3v) is 10.5. The molecule has 0 bridgehead atoms. The van der Waals surface area contributed by atoms with Crippen LogP contribution >= 0.6 is 0 Å². The fourth-order valence-corrected chi connectivity index (χ4v) is 7.93. The van der Waals surface area contributed by atoms with Gasteiger partial charge in [0.1, 0.15) is 5.75 Å². The van der Waals surface area contributed by atoms with Crippen LogP contribution in [0.15, 0.2) is 24.3 Å². The molecule has 0 saturated heterocycles. The molecule has 0 aliphatic heterocycles. The number of benzene rings is 1. The summed E-state index contributed by atoms with van der Waals surface area (Å²) in [4.78, 5) is 12.9. The molecule has 208 valence electrons. The largest absolute Gasteiger partial charge is 0.426 e. The summed E-state index contributed by atoms with van der Waals surface area (Å²) in [5, 5.41) is 0. The van der Waals surface area contributed by atoms with Crippen molar-refractivity contribution in [2.75, 3.05) is 0 Å². The van der Waals surface area contributed by atoms with Crippen LogP contribution in [0, 0.1) is 29.6 Å². The Balaban J connectivity index is 1.14. The van der Waals surface area contributed by atoms with Gasteiger partial charge in [0.15, 0.2) is 0 Å². The summed E-state index contributed by atoms with van der Waals surface area (Å²) >= 11 is 0. The summed E-state index contributed by atoms with van der Waals surface area (Å²) in [6, 6.07) is 8.54. The molecule has 0 heterocycles. The second-order valence-corrected chi connectivity index (χ2v) is 13.1. The maximum atomic E-state index is 12.9. The van der Waals surface area contributed by atoms with Crippen molar-refractivity contribution < 1.29 is 9.53 Å². The SMILES string of the molecule is CCCCCC1CCC([C@H]2CC[C@H](C(=O)Oc3ccc([C@H]4CC[C@H](CCCCC)CC4)cc3)CC2)CC1. The van der Waals surface area contributed by atoms with Gasteiger partial charge < -0.3 is 4.74 Å². The van der Waals surface area contributed by atoms with E-state index in [0.717, 1.165) is 42.3 Å². The van der Waals surface area contributed by atoms with Crippen molar-refractivity contribution in [3.05, 3.63) is 29.8 Å². The van der Waals surface area contributed by atoms with E-state index in [1.807, 2.05) is 12.1 Å². The van der Waals surface area contributed by atoms with Gasteiger partial charge >= 0.3 is 5.97 Å². The van der Waals surface area contributed by atoms with Crippen LogP contribution in [0.25, 0.3) is 0 Å². The van der Waals surface area contributed by atoms with Gasteiger partial charge in [-0.25, -0.2) is 0 Å². The Morgan fingerprint density at radius 3 is 1.65 bits per heavy atom. The zero-order chi connectivity index (χ0) is 25.9. The highest BCUT2D eigenvalue weighted by Crippen LogP contribution is 2.43. The third-order valence-electron chi connectivity index (χ3n) is 10.5. The van der Waals surface area contributed by atoms with Crippen molar-refractivity contribution in [1.29, 1.82) is 0 Å². The van der Waals surface area contributed by atoms with Crippen LogP contribution in [-0.2, 0) is 4.79 Å². The second-order valence-electron chi connectivity index (χ2n) is 13.1. The van der Waals surface area contributed by atoms with E-state index in [1.54, 1.807) is 0 Å². The highest BCUT2D eigenvalue weighted by atomic mass is 16.5. The lowest BCUT2D eigenvalue weighted by molar-refractivity contribution is -0.140. The molecule has 0 amide bonds. The lowest BCUT2D eigenvalue weighted by Crippen LogP contribution is -2.30. The second kappa shape index (κ2) is 15.3.